The van der Waals surface area contributed by atoms with E-state index >= 15 is 0 Å². The van der Waals surface area contributed by atoms with Gasteiger partial charge in [0.2, 0.25) is 0 Å². The maximum absolute atomic E-state index is 12.5. The van der Waals surface area contributed by atoms with E-state index in [-0.39, 0.29) is 0 Å². The number of rotatable bonds is 2. The molecule has 0 aromatic heterocycles. The van der Waals surface area contributed by atoms with Crippen LogP contribution in [0.4, 0.5) is 14.5 Å². The summed E-state index contributed by atoms with van der Waals surface area (Å²) >= 11 is 0. The highest BCUT2D eigenvalue weighted by molar-refractivity contribution is 5.43. The molecule has 1 rings (SSSR count). The second-order valence-electron chi connectivity index (χ2n) is 2.87. The molecule has 0 atom stereocenters. The van der Waals surface area contributed by atoms with Gasteiger partial charge < -0.3 is 5.32 Å². The van der Waals surface area contributed by atoms with Crippen LogP contribution in [0.2, 0.25) is 0 Å². The lowest BCUT2D eigenvalue weighted by Gasteiger charge is -2.01. The van der Waals surface area contributed by atoms with Crippen LogP contribution in [-0.2, 0) is 0 Å². The van der Waals surface area contributed by atoms with Crippen LogP contribution in [0.1, 0.15) is 41.0 Å². The first kappa shape index (κ1) is 17.3. The Kier molecular flexibility index (Phi) is 12.9. The molecule has 0 aliphatic heterocycles. The Hall–Kier alpha value is -1.12. The largest absolute Gasteiger partial charge is 0.385 e. The molecule has 0 unspecified atom stereocenters. The van der Waals surface area contributed by atoms with Crippen LogP contribution in [0, 0.1) is 11.6 Å². The highest BCUT2D eigenvalue weighted by Crippen LogP contribution is 2.12. The fourth-order valence-electron chi connectivity index (χ4n) is 0.810. The number of anilines is 1. The summed E-state index contributed by atoms with van der Waals surface area (Å²) in [6.45, 7) is 10.8. The summed E-state index contributed by atoms with van der Waals surface area (Å²) in [6.07, 6.45) is 1.25. The molecule has 0 amide bonds. The highest BCUT2D eigenvalue weighted by Gasteiger charge is 2.00. The summed E-state index contributed by atoms with van der Waals surface area (Å²) < 4.78 is 24.8. The number of hydrogen-bond donors (Lipinski definition) is 1. The van der Waals surface area contributed by atoms with Gasteiger partial charge in [0, 0.05) is 12.2 Å². The SMILES string of the molecule is CC.CCC.CCNc1ccc(F)c(F)c1. The molecular weight excluding hydrogens is 208 g/mol. The lowest BCUT2D eigenvalue weighted by molar-refractivity contribution is 0.509. The van der Waals surface area contributed by atoms with E-state index < -0.39 is 11.6 Å². The smallest absolute Gasteiger partial charge is 0.160 e. The van der Waals surface area contributed by atoms with Crippen molar-refractivity contribution in [1.82, 2.24) is 0 Å². The van der Waals surface area contributed by atoms with E-state index in [1.54, 1.807) is 0 Å². The van der Waals surface area contributed by atoms with Gasteiger partial charge in [-0.15, -0.1) is 0 Å². The summed E-state index contributed by atoms with van der Waals surface area (Å²) in [5.74, 6) is -1.63. The number of nitrogens with one attached hydrogen (secondary N) is 1. The Labute approximate surface area is 97.9 Å². The molecule has 94 valence electrons. The maximum atomic E-state index is 12.5. The summed E-state index contributed by atoms with van der Waals surface area (Å²) in [6, 6.07) is 3.74. The van der Waals surface area contributed by atoms with Gasteiger partial charge in [-0.3, -0.25) is 0 Å². The van der Waals surface area contributed by atoms with Crippen LogP contribution in [0.25, 0.3) is 0 Å². The molecule has 16 heavy (non-hydrogen) atoms. The van der Waals surface area contributed by atoms with Crippen LogP contribution < -0.4 is 5.32 Å². The van der Waals surface area contributed by atoms with Gasteiger partial charge in [-0.05, 0) is 25.1 Å². The van der Waals surface area contributed by atoms with E-state index in [0.29, 0.717) is 12.2 Å². The Morgan fingerprint density at radius 3 is 1.88 bits per heavy atom. The molecule has 0 radical (unpaired) electrons. The lowest BCUT2D eigenvalue weighted by atomic mass is 10.3. The molecule has 0 heterocycles. The minimum absolute atomic E-state index is 0.603. The van der Waals surface area contributed by atoms with E-state index in [2.05, 4.69) is 19.2 Å². The number of halogens is 2. The zero-order valence-corrected chi connectivity index (χ0v) is 10.9. The standard InChI is InChI=1S/C8H9F2N.C3H8.C2H6/c1-2-11-6-3-4-7(9)8(10)5-6;1-3-2;1-2/h3-5,11H,2H2,1H3;3H2,1-2H3;1-2H3. The predicted molar refractivity (Wildman–Crippen MR) is 67.8 cm³/mol. The topological polar surface area (TPSA) is 12.0 Å². The second kappa shape index (κ2) is 12.0. The first-order valence-corrected chi connectivity index (χ1v) is 5.84. The van der Waals surface area contributed by atoms with Crippen LogP contribution in [0.15, 0.2) is 18.2 Å². The van der Waals surface area contributed by atoms with E-state index in [4.69, 9.17) is 0 Å². The van der Waals surface area contributed by atoms with E-state index in [1.165, 1.54) is 12.5 Å². The van der Waals surface area contributed by atoms with Crippen molar-refractivity contribution >= 4 is 5.69 Å². The van der Waals surface area contributed by atoms with Gasteiger partial charge in [-0.2, -0.15) is 0 Å². The minimum Gasteiger partial charge on any atom is -0.385 e. The van der Waals surface area contributed by atoms with E-state index in [9.17, 15) is 8.78 Å². The van der Waals surface area contributed by atoms with Gasteiger partial charge in [0.25, 0.3) is 0 Å². The van der Waals surface area contributed by atoms with Crippen molar-refractivity contribution in [3.63, 3.8) is 0 Å². The van der Waals surface area contributed by atoms with Gasteiger partial charge >= 0.3 is 0 Å². The number of hydrogen-bond acceptors (Lipinski definition) is 1. The molecule has 0 saturated carbocycles. The van der Waals surface area contributed by atoms with Gasteiger partial charge in [0.15, 0.2) is 11.6 Å². The van der Waals surface area contributed by atoms with Crippen molar-refractivity contribution in [2.45, 2.75) is 41.0 Å². The molecule has 0 bridgehead atoms. The van der Waals surface area contributed by atoms with Crippen LogP contribution >= 0.6 is 0 Å². The third-order valence-electron chi connectivity index (χ3n) is 1.30. The molecule has 1 aromatic rings. The molecule has 0 aliphatic rings. The summed E-state index contributed by atoms with van der Waals surface area (Å²) in [5, 5.41) is 2.87. The van der Waals surface area contributed by atoms with Crippen molar-refractivity contribution in [2.75, 3.05) is 11.9 Å². The van der Waals surface area contributed by atoms with Gasteiger partial charge in [0.05, 0.1) is 0 Å². The molecule has 1 nitrogen and oxygen atoms in total. The fraction of sp³-hybridized carbons (Fsp3) is 0.538. The maximum Gasteiger partial charge on any atom is 0.160 e. The Balaban J connectivity index is 0. The highest BCUT2D eigenvalue weighted by atomic mass is 19.2. The summed E-state index contributed by atoms with van der Waals surface area (Å²) in [4.78, 5) is 0. The monoisotopic (exact) mass is 231 g/mol. The zero-order chi connectivity index (χ0) is 13.0. The Morgan fingerprint density at radius 1 is 1.00 bits per heavy atom. The van der Waals surface area contributed by atoms with Crippen molar-refractivity contribution < 1.29 is 8.78 Å². The third kappa shape index (κ3) is 8.21. The molecule has 1 aromatic carbocycles. The first-order valence-electron chi connectivity index (χ1n) is 5.84. The van der Waals surface area contributed by atoms with Crippen LogP contribution in [0.3, 0.4) is 0 Å². The van der Waals surface area contributed by atoms with Crippen LogP contribution in [0.5, 0.6) is 0 Å². The van der Waals surface area contributed by atoms with Gasteiger partial charge in [-0.1, -0.05) is 34.1 Å². The molecule has 0 fully saturated rings. The predicted octanol–water partition coefficient (Wildman–Crippen LogP) is 4.84. The van der Waals surface area contributed by atoms with Crippen molar-refractivity contribution in [3.05, 3.63) is 29.8 Å². The molecule has 0 aliphatic carbocycles. The molecular formula is C13H23F2N. The molecule has 0 spiro atoms. The van der Waals surface area contributed by atoms with E-state index in [1.807, 2.05) is 20.8 Å². The van der Waals surface area contributed by atoms with Crippen LogP contribution in [-0.4, -0.2) is 6.54 Å². The summed E-state index contributed by atoms with van der Waals surface area (Å²) in [5.41, 5.74) is 0.603. The molecule has 0 saturated heterocycles. The van der Waals surface area contributed by atoms with Crippen molar-refractivity contribution in [1.29, 1.82) is 0 Å². The van der Waals surface area contributed by atoms with E-state index in [0.717, 1.165) is 12.1 Å². The average Bonchev–Trinajstić information content (AvgIpc) is 2.28. The zero-order valence-electron chi connectivity index (χ0n) is 10.9. The average molecular weight is 231 g/mol. The first-order chi connectivity index (χ1) is 7.65. The fourth-order valence-corrected chi connectivity index (χ4v) is 0.810. The third-order valence-corrected chi connectivity index (χ3v) is 1.30. The molecule has 1 N–H and O–H groups in total. The second-order valence-corrected chi connectivity index (χ2v) is 2.87. The van der Waals surface area contributed by atoms with Crippen molar-refractivity contribution in [3.8, 4) is 0 Å². The normalized spacial score (nSPS) is 8.19. The Bertz CT molecular complexity index is 262. The lowest BCUT2D eigenvalue weighted by Crippen LogP contribution is -1.97. The van der Waals surface area contributed by atoms with Gasteiger partial charge in [-0.25, -0.2) is 8.78 Å². The number of benzene rings is 1. The minimum atomic E-state index is -0.816. The van der Waals surface area contributed by atoms with Gasteiger partial charge in [0.1, 0.15) is 0 Å². The summed E-state index contributed by atoms with van der Waals surface area (Å²) in [7, 11) is 0. The Morgan fingerprint density at radius 2 is 1.50 bits per heavy atom. The molecule has 3 heteroatoms. The quantitative estimate of drug-likeness (QED) is 0.768. The van der Waals surface area contributed by atoms with Crippen molar-refractivity contribution in [2.24, 2.45) is 0 Å².